The number of carbonyl (C=O) groups is 2. The van der Waals surface area contributed by atoms with Gasteiger partial charge in [0.05, 0.1) is 0 Å². The van der Waals surface area contributed by atoms with Crippen LogP contribution in [0.15, 0.2) is 11.6 Å². The maximum absolute atomic E-state index is 12.3. The van der Waals surface area contributed by atoms with Gasteiger partial charge >= 0.3 is 0 Å². The molecule has 0 saturated heterocycles. The minimum atomic E-state index is -0.248. The van der Waals surface area contributed by atoms with Gasteiger partial charge in [0.2, 0.25) is 0 Å². The van der Waals surface area contributed by atoms with Crippen LogP contribution in [0.3, 0.4) is 0 Å². The number of fused-ring (bicyclic) bond motifs is 1. The van der Waals surface area contributed by atoms with Crippen LogP contribution in [0.1, 0.15) is 52.4 Å². The highest BCUT2D eigenvalue weighted by Gasteiger charge is 2.35. The van der Waals surface area contributed by atoms with E-state index in [1.807, 2.05) is 6.92 Å². The molecule has 2 heterocycles. The number of thiazole rings is 1. The van der Waals surface area contributed by atoms with Crippen molar-refractivity contribution in [1.29, 1.82) is 0 Å². The van der Waals surface area contributed by atoms with Crippen molar-refractivity contribution in [3.05, 3.63) is 34.1 Å². The lowest BCUT2D eigenvalue weighted by molar-refractivity contribution is 0.0910. The second-order valence-electron chi connectivity index (χ2n) is 6.21. The molecule has 1 aliphatic rings. The van der Waals surface area contributed by atoms with Gasteiger partial charge in [-0.05, 0) is 24.3 Å². The van der Waals surface area contributed by atoms with Crippen LogP contribution < -0.4 is 5.32 Å². The van der Waals surface area contributed by atoms with E-state index in [-0.39, 0.29) is 17.1 Å². The molecule has 2 N–H and O–H groups in total. The third-order valence-electron chi connectivity index (χ3n) is 3.78. The van der Waals surface area contributed by atoms with Crippen LogP contribution in [0.4, 0.5) is 5.13 Å². The van der Waals surface area contributed by atoms with Crippen molar-refractivity contribution in [1.82, 2.24) is 9.97 Å². The number of Topliss-reactive ketones (excluding diaryl/α,β-unsaturated/α-hetero) is 1. The Morgan fingerprint density at radius 1 is 1.43 bits per heavy atom. The average Bonchev–Trinajstić information content (AvgIpc) is 2.95. The third-order valence-corrected chi connectivity index (χ3v) is 4.47. The smallest absolute Gasteiger partial charge is 0.274 e. The summed E-state index contributed by atoms with van der Waals surface area (Å²) in [6.45, 7) is 5.96. The highest BCUT2D eigenvalue weighted by molar-refractivity contribution is 7.13. The highest BCUT2D eigenvalue weighted by Crippen LogP contribution is 2.36. The van der Waals surface area contributed by atoms with Crippen molar-refractivity contribution in [2.45, 2.75) is 33.6 Å². The lowest BCUT2D eigenvalue weighted by Gasteiger charge is -2.28. The fraction of sp³-hybridized carbons (Fsp3) is 0.400. The van der Waals surface area contributed by atoms with Crippen molar-refractivity contribution in [3.63, 3.8) is 0 Å². The molecule has 2 aromatic heterocycles. The minimum Gasteiger partial charge on any atom is -0.354 e. The summed E-state index contributed by atoms with van der Waals surface area (Å²) in [5.74, 6) is -0.134. The van der Waals surface area contributed by atoms with E-state index in [2.05, 4.69) is 29.1 Å². The fourth-order valence-electron chi connectivity index (χ4n) is 2.90. The number of aromatic nitrogens is 2. The van der Waals surface area contributed by atoms with Gasteiger partial charge in [-0.1, -0.05) is 13.8 Å². The molecule has 110 valence electrons. The van der Waals surface area contributed by atoms with Gasteiger partial charge < -0.3 is 4.98 Å². The van der Waals surface area contributed by atoms with Crippen LogP contribution in [0.2, 0.25) is 0 Å². The summed E-state index contributed by atoms with van der Waals surface area (Å²) in [7, 11) is 0. The molecule has 1 amide bonds. The van der Waals surface area contributed by atoms with E-state index in [0.29, 0.717) is 22.8 Å². The Balaban J connectivity index is 1.95. The van der Waals surface area contributed by atoms with Gasteiger partial charge in [-0.15, -0.1) is 11.3 Å². The van der Waals surface area contributed by atoms with Gasteiger partial charge in [0, 0.05) is 29.3 Å². The van der Waals surface area contributed by atoms with Crippen molar-refractivity contribution in [2.75, 3.05) is 5.32 Å². The van der Waals surface area contributed by atoms with Gasteiger partial charge in [-0.2, -0.15) is 0 Å². The summed E-state index contributed by atoms with van der Waals surface area (Å²) in [4.78, 5) is 31.8. The zero-order chi connectivity index (χ0) is 15.2. The lowest BCUT2D eigenvalue weighted by atomic mass is 9.75. The Labute approximate surface area is 126 Å². The van der Waals surface area contributed by atoms with E-state index in [1.54, 1.807) is 11.6 Å². The van der Waals surface area contributed by atoms with Crippen LogP contribution in [0.25, 0.3) is 0 Å². The predicted molar refractivity (Wildman–Crippen MR) is 82.0 cm³/mol. The third kappa shape index (κ3) is 2.51. The Bertz CT molecular complexity index is 714. The van der Waals surface area contributed by atoms with Crippen LogP contribution in [-0.2, 0) is 6.42 Å². The molecule has 5 nitrogen and oxygen atoms in total. The molecule has 1 aliphatic carbocycles. The number of rotatable bonds is 2. The molecule has 0 spiro atoms. The fourth-order valence-corrected chi connectivity index (χ4v) is 3.43. The van der Waals surface area contributed by atoms with E-state index < -0.39 is 0 Å². The van der Waals surface area contributed by atoms with Crippen LogP contribution in [0.5, 0.6) is 0 Å². The zero-order valence-corrected chi connectivity index (χ0v) is 13.1. The maximum Gasteiger partial charge on any atom is 0.274 e. The number of amides is 1. The van der Waals surface area contributed by atoms with Crippen LogP contribution >= 0.6 is 11.3 Å². The van der Waals surface area contributed by atoms with E-state index in [4.69, 9.17) is 0 Å². The quantitative estimate of drug-likeness (QED) is 0.894. The lowest BCUT2D eigenvalue weighted by Crippen LogP contribution is -2.26. The first kappa shape index (κ1) is 14.0. The Morgan fingerprint density at radius 3 is 2.86 bits per heavy atom. The number of nitrogens with zero attached hydrogens (tertiary/aromatic N) is 1. The Hall–Kier alpha value is -1.95. The van der Waals surface area contributed by atoms with E-state index in [0.717, 1.165) is 17.7 Å². The average molecular weight is 303 g/mol. The van der Waals surface area contributed by atoms with Crippen LogP contribution in [-0.4, -0.2) is 21.7 Å². The Morgan fingerprint density at radius 2 is 2.19 bits per heavy atom. The number of anilines is 1. The molecule has 21 heavy (non-hydrogen) atoms. The molecule has 6 heteroatoms. The maximum atomic E-state index is 12.3. The standard InChI is InChI=1S/C15H17N3O2S/c1-8-11-9(6-15(2,3)7-10(11)19)17-12(8)13(20)18-14-16-4-5-21-14/h4-5,17H,6-7H2,1-3H3,(H,16,18,20). The molecule has 0 aromatic carbocycles. The number of carbonyl (C=O) groups excluding carboxylic acids is 2. The summed E-state index contributed by atoms with van der Waals surface area (Å²) in [6, 6.07) is 0. The summed E-state index contributed by atoms with van der Waals surface area (Å²) in [6.07, 6.45) is 2.94. The second-order valence-corrected chi connectivity index (χ2v) is 7.11. The predicted octanol–water partition coefficient (Wildman–Crippen LogP) is 3.19. The molecule has 0 bridgehead atoms. The molecule has 2 aromatic rings. The van der Waals surface area contributed by atoms with Crippen molar-refractivity contribution in [3.8, 4) is 0 Å². The largest absolute Gasteiger partial charge is 0.354 e. The van der Waals surface area contributed by atoms with Crippen molar-refractivity contribution >= 4 is 28.2 Å². The molecular weight excluding hydrogens is 286 g/mol. The minimum absolute atomic E-state index is 0.0650. The molecule has 0 aliphatic heterocycles. The van der Waals surface area contributed by atoms with E-state index in [9.17, 15) is 9.59 Å². The van der Waals surface area contributed by atoms with Crippen LogP contribution in [0, 0.1) is 12.3 Å². The summed E-state index contributed by atoms with van der Waals surface area (Å²) in [5, 5.41) is 5.10. The molecular formula is C15H17N3O2S. The summed E-state index contributed by atoms with van der Waals surface area (Å²) < 4.78 is 0. The van der Waals surface area contributed by atoms with Gasteiger partial charge in [0.1, 0.15) is 5.69 Å². The van der Waals surface area contributed by atoms with Crippen molar-refractivity contribution in [2.24, 2.45) is 5.41 Å². The normalized spacial score (nSPS) is 16.6. The van der Waals surface area contributed by atoms with Crippen molar-refractivity contribution < 1.29 is 9.59 Å². The molecule has 0 radical (unpaired) electrons. The first-order chi connectivity index (χ1) is 9.87. The monoisotopic (exact) mass is 303 g/mol. The van der Waals surface area contributed by atoms with Gasteiger partial charge in [0.25, 0.3) is 5.91 Å². The first-order valence-corrected chi connectivity index (χ1v) is 7.71. The molecule has 0 unspecified atom stereocenters. The molecule has 0 atom stereocenters. The summed E-state index contributed by atoms with van der Waals surface area (Å²) >= 11 is 1.36. The SMILES string of the molecule is Cc1c(C(=O)Nc2nccs2)[nH]c2c1C(=O)CC(C)(C)C2. The topological polar surface area (TPSA) is 74.8 Å². The van der Waals surface area contributed by atoms with E-state index in [1.165, 1.54) is 11.3 Å². The molecule has 0 fully saturated rings. The second kappa shape index (κ2) is 4.80. The number of ketones is 1. The Kier molecular flexibility index (Phi) is 3.20. The number of nitrogens with one attached hydrogen (secondary N) is 2. The number of hydrogen-bond acceptors (Lipinski definition) is 4. The van der Waals surface area contributed by atoms with Gasteiger partial charge in [-0.25, -0.2) is 4.98 Å². The van der Waals surface area contributed by atoms with Gasteiger partial charge in [0.15, 0.2) is 10.9 Å². The number of H-pyrrole nitrogens is 1. The highest BCUT2D eigenvalue weighted by atomic mass is 32.1. The first-order valence-electron chi connectivity index (χ1n) is 6.83. The van der Waals surface area contributed by atoms with E-state index >= 15 is 0 Å². The molecule has 0 saturated carbocycles. The zero-order valence-electron chi connectivity index (χ0n) is 12.2. The molecule has 3 rings (SSSR count). The summed E-state index contributed by atoms with van der Waals surface area (Å²) in [5.41, 5.74) is 2.70. The number of aromatic amines is 1. The van der Waals surface area contributed by atoms with Gasteiger partial charge in [-0.3, -0.25) is 14.9 Å². The number of hydrogen-bond donors (Lipinski definition) is 2.